The molecule has 2 heterocycles. The lowest BCUT2D eigenvalue weighted by Gasteiger charge is -2.33. The number of fused-ring (bicyclic) bond motifs is 18. The van der Waals surface area contributed by atoms with Crippen LogP contribution in [0, 0.1) is 0 Å². The van der Waals surface area contributed by atoms with Crippen LogP contribution in [-0.2, 0) is 16.2 Å². The van der Waals surface area contributed by atoms with Gasteiger partial charge in [0.25, 0.3) is 0 Å². The van der Waals surface area contributed by atoms with Gasteiger partial charge >= 0.3 is 0 Å². The largest absolute Gasteiger partial charge is 0.455 e. The zero-order valence-corrected chi connectivity index (χ0v) is 42.0. The van der Waals surface area contributed by atoms with E-state index in [1.807, 2.05) is 0 Å². The first kappa shape index (κ1) is 43.2. The number of rotatable bonds is 6. The van der Waals surface area contributed by atoms with Crippen LogP contribution < -0.4 is 9.80 Å². The fourth-order valence-corrected chi connectivity index (χ4v) is 12.4. The van der Waals surface area contributed by atoms with Crippen molar-refractivity contribution in [1.29, 1.82) is 0 Å². The van der Waals surface area contributed by atoms with Crippen LogP contribution in [0.4, 0.5) is 34.1 Å². The summed E-state index contributed by atoms with van der Waals surface area (Å²) in [5.41, 5.74) is 21.0. The lowest BCUT2D eigenvalue weighted by molar-refractivity contribution is 0.590. The topological polar surface area (TPSA) is 32.8 Å². The lowest BCUT2D eigenvalue weighted by Crippen LogP contribution is -2.26. The minimum atomic E-state index is -0.780. The Morgan fingerprint density at radius 2 is 0.740 bits per heavy atom. The molecule has 4 heteroatoms. The van der Waals surface area contributed by atoms with E-state index in [9.17, 15) is 0 Å². The van der Waals surface area contributed by atoms with Crippen LogP contribution in [0.25, 0.3) is 66.1 Å². The average molecular weight is 943 g/mol. The van der Waals surface area contributed by atoms with Gasteiger partial charge in [0, 0.05) is 50.0 Å². The van der Waals surface area contributed by atoms with Crippen molar-refractivity contribution in [1.82, 2.24) is 0 Å². The number of para-hydroxylation sites is 4. The Morgan fingerprint density at radius 3 is 1.26 bits per heavy atom. The summed E-state index contributed by atoms with van der Waals surface area (Å²) in [4.78, 5) is 4.86. The second-order valence-corrected chi connectivity index (χ2v) is 22.0. The van der Waals surface area contributed by atoms with Gasteiger partial charge in [-0.25, -0.2) is 0 Å². The summed E-state index contributed by atoms with van der Waals surface area (Å²) >= 11 is 0. The standard InChI is InChI=1S/C69H54N2O2/c1-67(2,3)43-33-37-47(38-34-43)70(45-21-9-7-10-22-45)57-41-56-64(66-61(57)51-27-15-19-31-59(51)73-66)63-55(69(56)53-29-17-13-25-49(53)50-26-14-18-30-54(50)69)42-58(65-62(63)52-28-16-20-32-60(52)72-65)71(46-23-11-8-12-24-46)48-39-35-44(36-40-48)68(4,5)6/h7-42H,1-6H3. The first-order chi connectivity index (χ1) is 35.5. The Balaban J connectivity index is 1.18. The smallest absolute Gasteiger partial charge is 0.160 e. The van der Waals surface area contributed by atoms with Crippen molar-refractivity contribution in [2.24, 2.45) is 0 Å². The van der Waals surface area contributed by atoms with E-state index in [0.29, 0.717) is 0 Å². The van der Waals surface area contributed by atoms with Crippen LogP contribution in [0.15, 0.2) is 227 Å². The number of furan rings is 2. The summed E-state index contributed by atoms with van der Waals surface area (Å²) in [6, 6.07) is 80.2. The molecule has 0 aliphatic heterocycles. The highest BCUT2D eigenvalue weighted by atomic mass is 16.3. The third-order valence-corrected chi connectivity index (χ3v) is 15.8. The molecule has 0 unspecified atom stereocenters. The van der Waals surface area contributed by atoms with E-state index < -0.39 is 5.41 Å². The van der Waals surface area contributed by atoms with Crippen LogP contribution in [0.2, 0.25) is 0 Å². The minimum absolute atomic E-state index is 0.00741. The van der Waals surface area contributed by atoms with Crippen molar-refractivity contribution < 1.29 is 8.83 Å². The predicted octanol–water partition coefficient (Wildman–Crippen LogP) is 19.4. The van der Waals surface area contributed by atoms with Crippen molar-refractivity contribution in [3.8, 4) is 22.3 Å². The molecular weight excluding hydrogens is 889 g/mol. The molecule has 73 heavy (non-hydrogen) atoms. The highest BCUT2D eigenvalue weighted by molar-refractivity contribution is 6.26. The number of hydrogen-bond donors (Lipinski definition) is 0. The summed E-state index contributed by atoms with van der Waals surface area (Å²) < 4.78 is 14.8. The van der Waals surface area contributed by atoms with Gasteiger partial charge in [0.15, 0.2) is 5.58 Å². The third-order valence-electron chi connectivity index (χ3n) is 15.8. The third kappa shape index (κ3) is 6.26. The van der Waals surface area contributed by atoms with Gasteiger partial charge in [-0.1, -0.05) is 187 Å². The van der Waals surface area contributed by atoms with Crippen LogP contribution >= 0.6 is 0 Å². The zero-order chi connectivity index (χ0) is 49.4. The molecule has 10 aromatic carbocycles. The molecule has 0 N–H and O–H groups in total. The summed E-state index contributed by atoms with van der Waals surface area (Å²) in [5, 5.41) is 4.27. The molecule has 2 aliphatic rings. The molecule has 352 valence electrons. The molecule has 1 spiro atoms. The molecule has 0 saturated heterocycles. The lowest BCUT2D eigenvalue weighted by atomic mass is 9.70. The summed E-state index contributed by atoms with van der Waals surface area (Å²) in [6.45, 7) is 13.7. The number of benzene rings is 10. The Morgan fingerprint density at radius 1 is 0.342 bits per heavy atom. The Labute approximate surface area is 426 Å². The minimum Gasteiger partial charge on any atom is -0.455 e. The van der Waals surface area contributed by atoms with Gasteiger partial charge in [-0.2, -0.15) is 0 Å². The van der Waals surface area contributed by atoms with E-state index in [1.165, 1.54) is 44.5 Å². The van der Waals surface area contributed by atoms with Gasteiger partial charge in [-0.15, -0.1) is 0 Å². The van der Waals surface area contributed by atoms with Gasteiger partial charge in [0.05, 0.1) is 22.2 Å². The average Bonchev–Trinajstić information content (AvgIpc) is 4.15. The Kier molecular flexibility index (Phi) is 9.29. The Hall–Kier alpha value is -8.60. The summed E-state index contributed by atoms with van der Waals surface area (Å²) in [6.07, 6.45) is 0. The molecule has 12 aromatic rings. The van der Waals surface area contributed by atoms with Crippen molar-refractivity contribution in [3.05, 3.63) is 252 Å². The molecule has 0 radical (unpaired) electrons. The Bertz CT molecular complexity index is 4100. The zero-order valence-electron chi connectivity index (χ0n) is 42.0. The van der Waals surface area contributed by atoms with Crippen molar-refractivity contribution in [3.63, 3.8) is 0 Å². The highest BCUT2D eigenvalue weighted by Gasteiger charge is 2.54. The monoisotopic (exact) mass is 942 g/mol. The molecule has 0 bridgehead atoms. The van der Waals surface area contributed by atoms with E-state index in [0.717, 1.165) is 89.1 Å². The van der Waals surface area contributed by atoms with Gasteiger partial charge in [0.1, 0.15) is 16.7 Å². The first-order valence-corrected chi connectivity index (χ1v) is 25.6. The van der Waals surface area contributed by atoms with Crippen LogP contribution in [0.3, 0.4) is 0 Å². The molecule has 14 rings (SSSR count). The van der Waals surface area contributed by atoms with Gasteiger partial charge in [-0.3, -0.25) is 0 Å². The fraction of sp³-hybridized carbons (Fsp3) is 0.130. The second-order valence-electron chi connectivity index (χ2n) is 22.0. The second kappa shape index (κ2) is 15.7. The van der Waals surface area contributed by atoms with Gasteiger partial charge in [-0.05, 0) is 128 Å². The number of anilines is 6. The highest BCUT2D eigenvalue weighted by Crippen LogP contribution is 2.68. The van der Waals surface area contributed by atoms with Crippen molar-refractivity contribution in [2.45, 2.75) is 57.8 Å². The predicted molar refractivity (Wildman–Crippen MR) is 304 cm³/mol. The van der Waals surface area contributed by atoms with E-state index >= 15 is 0 Å². The van der Waals surface area contributed by atoms with E-state index in [4.69, 9.17) is 8.83 Å². The maximum Gasteiger partial charge on any atom is 0.160 e. The molecule has 2 aromatic heterocycles. The molecule has 0 saturated carbocycles. The van der Waals surface area contributed by atoms with E-state index in [2.05, 4.69) is 270 Å². The first-order valence-electron chi connectivity index (χ1n) is 25.6. The molecular formula is C69H54N2O2. The van der Waals surface area contributed by atoms with Gasteiger partial charge < -0.3 is 18.6 Å². The summed E-state index contributed by atoms with van der Waals surface area (Å²) in [7, 11) is 0. The number of nitrogens with zero attached hydrogens (tertiary/aromatic N) is 2. The van der Waals surface area contributed by atoms with Crippen LogP contribution in [0.5, 0.6) is 0 Å². The number of hydrogen-bond acceptors (Lipinski definition) is 4. The van der Waals surface area contributed by atoms with E-state index in [-0.39, 0.29) is 10.8 Å². The summed E-state index contributed by atoms with van der Waals surface area (Å²) in [5.74, 6) is 0. The quantitative estimate of drug-likeness (QED) is 0.166. The normalized spacial score (nSPS) is 13.5. The fourth-order valence-electron chi connectivity index (χ4n) is 12.4. The molecule has 4 nitrogen and oxygen atoms in total. The molecule has 0 amide bonds. The SMILES string of the molecule is CC(C)(C)c1ccc(N(c2ccccc2)c2cc3c(c4c2oc2ccccc24)-c2c(cc(N(c4ccccc4)c4ccc(C(C)(C)C)cc4)c4c2oc2ccccc24)C32c3ccccc3-c3ccccc32)cc1. The van der Waals surface area contributed by atoms with Crippen LogP contribution in [0.1, 0.15) is 74.9 Å². The van der Waals surface area contributed by atoms with Crippen molar-refractivity contribution >= 4 is 78.0 Å². The maximum atomic E-state index is 7.48. The maximum absolute atomic E-state index is 7.48. The molecule has 0 fully saturated rings. The molecule has 0 atom stereocenters. The van der Waals surface area contributed by atoms with Gasteiger partial charge in [0.2, 0.25) is 0 Å². The van der Waals surface area contributed by atoms with E-state index in [1.54, 1.807) is 0 Å². The van der Waals surface area contributed by atoms with Crippen LogP contribution in [-0.4, -0.2) is 0 Å². The molecule has 2 aliphatic carbocycles. The van der Waals surface area contributed by atoms with Crippen molar-refractivity contribution in [2.75, 3.05) is 9.80 Å².